The fourth-order valence-electron chi connectivity index (χ4n) is 2.18. The van der Waals surface area contributed by atoms with Crippen LogP contribution >= 0.6 is 0 Å². The average Bonchev–Trinajstić information content (AvgIpc) is 2.71. The summed E-state index contributed by atoms with van der Waals surface area (Å²) in [5.74, 6) is -0.101. The van der Waals surface area contributed by atoms with E-state index in [9.17, 15) is 4.79 Å². The molecule has 2 aliphatic rings. The van der Waals surface area contributed by atoms with Crippen LogP contribution in [0, 0.1) is 0 Å². The Labute approximate surface area is 90.3 Å². The van der Waals surface area contributed by atoms with Crippen molar-refractivity contribution in [1.82, 2.24) is 5.32 Å². The average molecular weight is 213 g/mol. The van der Waals surface area contributed by atoms with Gasteiger partial charge in [0.1, 0.15) is 6.10 Å². The highest BCUT2D eigenvalue weighted by molar-refractivity contribution is 5.70. The van der Waals surface area contributed by atoms with Gasteiger partial charge in [-0.05, 0) is 25.7 Å². The third-order valence-corrected chi connectivity index (χ3v) is 3.00. The van der Waals surface area contributed by atoms with Gasteiger partial charge in [0, 0.05) is 13.1 Å². The van der Waals surface area contributed by atoms with Crippen molar-refractivity contribution >= 4 is 5.97 Å². The summed E-state index contributed by atoms with van der Waals surface area (Å²) in [5, 5.41) is 3.20. The molecule has 1 atom stereocenters. The molecule has 86 valence electrons. The normalized spacial score (nSPS) is 27.9. The van der Waals surface area contributed by atoms with Crippen molar-refractivity contribution in [2.75, 3.05) is 19.7 Å². The molecule has 1 aliphatic heterocycles. The minimum Gasteiger partial charge on any atom is -0.462 e. The lowest BCUT2D eigenvalue weighted by atomic mass is 10.2. The maximum Gasteiger partial charge on any atom is 0.308 e. The molecule has 2 rings (SSSR count). The molecule has 4 nitrogen and oxygen atoms in total. The van der Waals surface area contributed by atoms with Gasteiger partial charge in [-0.1, -0.05) is 0 Å². The van der Waals surface area contributed by atoms with E-state index in [1.165, 1.54) is 12.8 Å². The molecule has 1 saturated heterocycles. The molecule has 1 unspecified atom stereocenters. The molecule has 0 aromatic rings. The number of morpholine rings is 1. The number of ether oxygens (including phenoxy) is 2. The summed E-state index contributed by atoms with van der Waals surface area (Å²) in [5.41, 5.74) is 0. The Kier molecular flexibility index (Phi) is 3.97. The highest BCUT2D eigenvalue weighted by Crippen LogP contribution is 2.21. The van der Waals surface area contributed by atoms with Crippen molar-refractivity contribution in [3.05, 3.63) is 0 Å². The van der Waals surface area contributed by atoms with E-state index in [4.69, 9.17) is 9.47 Å². The van der Waals surface area contributed by atoms with Gasteiger partial charge in [-0.25, -0.2) is 0 Å². The zero-order chi connectivity index (χ0) is 10.5. The lowest BCUT2D eigenvalue weighted by Crippen LogP contribution is -2.40. The van der Waals surface area contributed by atoms with Crippen molar-refractivity contribution in [2.24, 2.45) is 0 Å². The number of carbonyl (C=O) groups is 1. The molecule has 1 aliphatic carbocycles. The van der Waals surface area contributed by atoms with Crippen LogP contribution in [0.3, 0.4) is 0 Å². The Morgan fingerprint density at radius 3 is 2.87 bits per heavy atom. The molecule has 0 spiro atoms. The van der Waals surface area contributed by atoms with Crippen molar-refractivity contribution in [3.63, 3.8) is 0 Å². The lowest BCUT2D eigenvalue weighted by Gasteiger charge is -2.23. The second-order valence-corrected chi connectivity index (χ2v) is 4.30. The van der Waals surface area contributed by atoms with Gasteiger partial charge in [-0.2, -0.15) is 0 Å². The number of esters is 1. The van der Waals surface area contributed by atoms with Crippen LogP contribution in [-0.4, -0.2) is 37.9 Å². The second kappa shape index (κ2) is 5.47. The van der Waals surface area contributed by atoms with E-state index in [2.05, 4.69) is 5.32 Å². The molecule has 0 radical (unpaired) electrons. The van der Waals surface area contributed by atoms with Crippen LogP contribution in [0.1, 0.15) is 32.1 Å². The standard InChI is InChI=1S/C11H19NO3/c13-11(15-9-3-1-2-4-9)7-10-8-12-5-6-14-10/h9-10,12H,1-8H2. The molecule has 1 saturated carbocycles. The van der Waals surface area contributed by atoms with Crippen molar-refractivity contribution in [2.45, 2.75) is 44.3 Å². The quantitative estimate of drug-likeness (QED) is 0.706. The van der Waals surface area contributed by atoms with Gasteiger partial charge in [0.2, 0.25) is 0 Å². The van der Waals surface area contributed by atoms with Crippen LogP contribution in [0.15, 0.2) is 0 Å². The summed E-state index contributed by atoms with van der Waals surface area (Å²) in [7, 11) is 0. The molecule has 1 heterocycles. The minimum absolute atomic E-state index is 0.00709. The summed E-state index contributed by atoms with van der Waals surface area (Å²) in [6, 6.07) is 0. The number of nitrogens with one attached hydrogen (secondary N) is 1. The fraction of sp³-hybridized carbons (Fsp3) is 0.909. The molecule has 0 aromatic heterocycles. The molecule has 2 fully saturated rings. The first kappa shape index (κ1) is 10.9. The molecule has 1 N–H and O–H groups in total. The van der Waals surface area contributed by atoms with Gasteiger partial charge in [0.25, 0.3) is 0 Å². The first-order valence-corrected chi connectivity index (χ1v) is 5.86. The maximum atomic E-state index is 11.5. The molecule has 4 heteroatoms. The zero-order valence-electron chi connectivity index (χ0n) is 9.04. The summed E-state index contributed by atoms with van der Waals surface area (Å²) in [6.45, 7) is 2.34. The van der Waals surface area contributed by atoms with E-state index in [1.54, 1.807) is 0 Å². The van der Waals surface area contributed by atoms with Crippen molar-refractivity contribution in [3.8, 4) is 0 Å². The Balaban J connectivity index is 1.66. The Bertz CT molecular complexity index is 208. The van der Waals surface area contributed by atoms with Gasteiger partial charge in [0.15, 0.2) is 0 Å². The topological polar surface area (TPSA) is 47.6 Å². The summed E-state index contributed by atoms with van der Waals surface area (Å²) >= 11 is 0. The van der Waals surface area contributed by atoms with Crippen LogP contribution in [0.25, 0.3) is 0 Å². The summed E-state index contributed by atoms with van der Waals surface area (Å²) in [6.07, 6.45) is 5.04. The van der Waals surface area contributed by atoms with E-state index in [0.29, 0.717) is 13.0 Å². The predicted molar refractivity (Wildman–Crippen MR) is 55.6 cm³/mol. The van der Waals surface area contributed by atoms with E-state index in [1.807, 2.05) is 0 Å². The van der Waals surface area contributed by atoms with Gasteiger partial charge in [-0.3, -0.25) is 4.79 Å². The van der Waals surface area contributed by atoms with Crippen LogP contribution in [0.5, 0.6) is 0 Å². The van der Waals surface area contributed by atoms with Gasteiger partial charge < -0.3 is 14.8 Å². The van der Waals surface area contributed by atoms with Gasteiger partial charge in [-0.15, -0.1) is 0 Å². The smallest absolute Gasteiger partial charge is 0.308 e. The molecule has 0 aromatic carbocycles. The van der Waals surface area contributed by atoms with Crippen molar-refractivity contribution in [1.29, 1.82) is 0 Å². The highest BCUT2D eigenvalue weighted by Gasteiger charge is 2.22. The van der Waals surface area contributed by atoms with E-state index >= 15 is 0 Å². The third kappa shape index (κ3) is 3.47. The highest BCUT2D eigenvalue weighted by atomic mass is 16.5. The van der Waals surface area contributed by atoms with Gasteiger partial charge >= 0.3 is 5.97 Å². The number of hydrogen-bond acceptors (Lipinski definition) is 4. The Morgan fingerprint density at radius 2 is 2.20 bits per heavy atom. The van der Waals surface area contributed by atoms with Crippen LogP contribution in [-0.2, 0) is 14.3 Å². The monoisotopic (exact) mass is 213 g/mol. The van der Waals surface area contributed by atoms with Crippen LogP contribution in [0.4, 0.5) is 0 Å². The molecular weight excluding hydrogens is 194 g/mol. The number of hydrogen-bond donors (Lipinski definition) is 1. The molecule has 0 amide bonds. The summed E-state index contributed by atoms with van der Waals surface area (Å²) < 4.78 is 10.8. The lowest BCUT2D eigenvalue weighted by molar-refractivity contribution is -0.152. The summed E-state index contributed by atoms with van der Waals surface area (Å²) in [4.78, 5) is 11.5. The second-order valence-electron chi connectivity index (χ2n) is 4.30. The van der Waals surface area contributed by atoms with Crippen LogP contribution in [0.2, 0.25) is 0 Å². The Morgan fingerprint density at radius 1 is 1.40 bits per heavy atom. The molecular formula is C11H19NO3. The maximum absolute atomic E-state index is 11.5. The first-order chi connectivity index (χ1) is 7.34. The largest absolute Gasteiger partial charge is 0.462 e. The van der Waals surface area contributed by atoms with E-state index in [0.717, 1.165) is 25.9 Å². The molecule has 0 bridgehead atoms. The zero-order valence-corrected chi connectivity index (χ0v) is 9.04. The minimum atomic E-state index is -0.101. The predicted octanol–water partition coefficient (Wildman–Crippen LogP) is 0.851. The third-order valence-electron chi connectivity index (χ3n) is 3.00. The first-order valence-electron chi connectivity index (χ1n) is 5.86. The Hall–Kier alpha value is -0.610. The van der Waals surface area contributed by atoms with E-state index < -0.39 is 0 Å². The van der Waals surface area contributed by atoms with Crippen LogP contribution < -0.4 is 5.32 Å². The fourth-order valence-corrected chi connectivity index (χ4v) is 2.18. The van der Waals surface area contributed by atoms with Crippen molar-refractivity contribution < 1.29 is 14.3 Å². The number of rotatable bonds is 3. The number of carbonyl (C=O) groups excluding carboxylic acids is 1. The van der Waals surface area contributed by atoms with Gasteiger partial charge in [0.05, 0.1) is 19.1 Å². The SMILES string of the molecule is O=C(CC1CNCCO1)OC1CCCC1. The van der Waals surface area contributed by atoms with E-state index in [-0.39, 0.29) is 18.2 Å². The molecule has 15 heavy (non-hydrogen) atoms.